The first kappa shape index (κ1) is 13.3. The van der Waals surface area contributed by atoms with Crippen molar-refractivity contribution in [2.45, 2.75) is 12.8 Å². The van der Waals surface area contributed by atoms with Crippen LogP contribution in [-0.2, 0) is 9.53 Å². The molecule has 1 aromatic rings. The minimum Gasteiger partial charge on any atom is -0.378 e. The highest BCUT2D eigenvalue weighted by atomic mass is 16.5. The van der Waals surface area contributed by atoms with Crippen LogP contribution in [0.15, 0.2) is 18.7 Å². The summed E-state index contributed by atoms with van der Waals surface area (Å²) in [5, 5.41) is 0. The molecule has 0 bridgehead atoms. The Balaban J connectivity index is 1.54. The third-order valence-corrected chi connectivity index (χ3v) is 4.08. The Morgan fingerprint density at radius 1 is 1.10 bits per heavy atom. The molecule has 0 radical (unpaired) electrons. The number of rotatable bonds is 2. The van der Waals surface area contributed by atoms with Gasteiger partial charge in [0.25, 0.3) is 0 Å². The number of ether oxygens (including phenoxy) is 1. The van der Waals surface area contributed by atoms with Gasteiger partial charge in [0.05, 0.1) is 31.3 Å². The van der Waals surface area contributed by atoms with Gasteiger partial charge in [-0.3, -0.25) is 4.79 Å². The van der Waals surface area contributed by atoms with E-state index >= 15 is 0 Å². The quantitative estimate of drug-likeness (QED) is 0.789. The minimum absolute atomic E-state index is 0.161. The summed E-state index contributed by atoms with van der Waals surface area (Å²) in [5.74, 6) is 0.464. The van der Waals surface area contributed by atoms with Crippen molar-refractivity contribution in [3.63, 3.8) is 0 Å². The third kappa shape index (κ3) is 2.90. The predicted octanol–water partition coefficient (Wildman–Crippen LogP) is 0.552. The molecule has 0 spiro atoms. The number of hydrogen-bond acceptors (Lipinski definition) is 5. The van der Waals surface area contributed by atoms with E-state index in [4.69, 9.17) is 4.74 Å². The van der Waals surface area contributed by atoms with Crippen molar-refractivity contribution in [1.29, 1.82) is 0 Å². The summed E-state index contributed by atoms with van der Waals surface area (Å²) in [6.45, 7) is 4.62. The van der Waals surface area contributed by atoms with Crippen molar-refractivity contribution in [2.24, 2.45) is 5.92 Å². The lowest BCUT2D eigenvalue weighted by Gasteiger charge is -2.36. The fourth-order valence-corrected chi connectivity index (χ4v) is 2.88. The summed E-state index contributed by atoms with van der Waals surface area (Å²) in [6, 6.07) is 0. The molecule has 2 saturated heterocycles. The molecule has 108 valence electrons. The van der Waals surface area contributed by atoms with Gasteiger partial charge in [0.1, 0.15) is 6.33 Å². The standard InChI is InChI=1S/C14H20N4O2/c19-14(18-5-7-20-8-6-18)12-1-3-17(4-2-12)13-9-15-11-16-10-13/h9-12H,1-8H2. The zero-order valence-electron chi connectivity index (χ0n) is 11.6. The first-order valence-electron chi connectivity index (χ1n) is 7.21. The van der Waals surface area contributed by atoms with Crippen LogP contribution in [0.25, 0.3) is 0 Å². The first-order valence-corrected chi connectivity index (χ1v) is 7.21. The molecular weight excluding hydrogens is 256 g/mol. The number of hydrogen-bond donors (Lipinski definition) is 0. The smallest absolute Gasteiger partial charge is 0.225 e. The van der Waals surface area contributed by atoms with E-state index in [2.05, 4.69) is 14.9 Å². The highest BCUT2D eigenvalue weighted by molar-refractivity contribution is 5.79. The molecule has 0 unspecified atom stereocenters. The van der Waals surface area contributed by atoms with Gasteiger partial charge < -0.3 is 14.5 Å². The average molecular weight is 276 g/mol. The molecule has 2 fully saturated rings. The van der Waals surface area contributed by atoms with Crippen LogP contribution >= 0.6 is 0 Å². The molecule has 1 amide bonds. The van der Waals surface area contributed by atoms with Crippen molar-refractivity contribution in [1.82, 2.24) is 14.9 Å². The molecule has 2 aliphatic rings. The van der Waals surface area contributed by atoms with Gasteiger partial charge in [0.2, 0.25) is 5.91 Å². The zero-order valence-corrected chi connectivity index (χ0v) is 11.6. The normalized spacial score (nSPS) is 21.0. The summed E-state index contributed by atoms with van der Waals surface area (Å²) in [6.07, 6.45) is 7.02. The van der Waals surface area contributed by atoms with E-state index in [0.29, 0.717) is 19.1 Å². The van der Waals surface area contributed by atoms with E-state index < -0.39 is 0 Å². The summed E-state index contributed by atoms with van der Waals surface area (Å²) in [7, 11) is 0. The molecule has 1 aromatic heterocycles. The van der Waals surface area contributed by atoms with Crippen LogP contribution in [0, 0.1) is 5.92 Å². The lowest BCUT2D eigenvalue weighted by Crippen LogP contribution is -2.46. The van der Waals surface area contributed by atoms with E-state index in [-0.39, 0.29) is 5.92 Å². The second-order valence-electron chi connectivity index (χ2n) is 5.30. The molecule has 2 aliphatic heterocycles. The highest BCUT2D eigenvalue weighted by Gasteiger charge is 2.29. The van der Waals surface area contributed by atoms with Gasteiger partial charge in [-0.15, -0.1) is 0 Å². The molecule has 0 aliphatic carbocycles. The molecule has 6 heteroatoms. The third-order valence-electron chi connectivity index (χ3n) is 4.08. The highest BCUT2D eigenvalue weighted by Crippen LogP contribution is 2.23. The van der Waals surface area contributed by atoms with Gasteiger partial charge in [-0.1, -0.05) is 0 Å². The van der Waals surface area contributed by atoms with Crippen molar-refractivity contribution < 1.29 is 9.53 Å². The maximum absolute atomic E-state index is 12.4. The van der Waals surface area contributed by atoms with Gasteiger partial charge in [0, 0.05) is 32.1 Å². The zero-order chi connectivity index (χ0) is 13.8. The van der Waals surface area contributed by atoms with Gasteiger partial charge in [-0.05, 0) is 12.8 Å². The fraction of sp³-hybridized carbons (Fsp3) is 0.643. The number of piperidine rings is 1. The number of aromatic nitrogens is 2. The van der Waals surface area contributed by atoms with Crippen molar-refractivity contribution in [3.8, 4) is 0 Å². The van der Waals surface area contributed by atoms with Crippen molar-refractivity contribution in [2.75, 3.05) is 44.3 Å². The number of anilines is 1. The minimum atomic E-state index is 0.161. The predicted molar refractivity (Wildman–Crippen MR) is 74.4 cm³/mol. The Morgan fingerprint density at radius 2 is 1.75 bits per heavy atom. The molecule has 3 heterocycles. The molecule has 6 nitrogen and oxygen atoms in total. The molecule has 20 heavy (non-hydrogen) atoms. The van der Waals surface area contributed by atoms with Gasteiger partial charge in [-0.2, -0.15) is 0 Å². The first-order chi connectivity index (χ1) is 9.84. The van der Waals surface area contributed by atoms with E-state index in [1.54, 1.807) is 0 Å². The van der Waals surface area contributed by atoms with E-state index in [9.17, 15) is 4.79 Å². The Kier molecular flexibility index (Phi) is 4.11. The number of nitrogens with zero attached hydrogens (tertiary/aromatic N) is 4. The van der Waals surface area contributed by atoms with E-state index in [1.807, 2.05) is 17.3 Å². The van der Waals surface area contributed by atoms with Crippen LogP contribution in [0.4, 0.5) is 5.69 Å². The Labute approximate surface area is 118 Å². The molecule has 0 aromatic carbocycles. The summed E-state index contributed by atoms with van der Waals surface area (Å²) >= 11 is 0. The Hall–Kier alpha value is -1.69. The molecule has 0 N–H and O–H groups in total. The average Bonchev–Trinajstić information content (AvgIpc) is 2.56. The van der Waals surface area contributed by atoms with Gasteiger partial charge in [-0.25, -0.2) is 9.97 Å². The topological polar surface area (TPSA) is 58.6 Å². The molecule has 0 saturated carbocycles. The van der Waals surface area contributed by atoms with Crippen molar-refractivity contribution in [3.05, 3.63) is 18.7 Å². The van der Waals surface area contributed by atoms with E-state index in [1.165, 1.54) is 6.33 Å². The number of morpholine rings is 1. The van der Waals surface area contributed by atoms with Crippen LogP contribution in [0.1, 0.15) is 12.8 Å². The largest absolute Gasteiger partial charge is 0.378 e. The maximum atomic E-state index is 12.4. The SMILES string of the molecule is O=C(C1CCN(c2cncnc2)CC1)N1CCOCC1. The van der Waals surface area contributed by atoms with Gasteiger partial charge in [0.15, 0.2) is 0 Å². The maximum Gasteiger partial charge on any atom is 0.225 e. The lowest BCUT2D eigenvalue weighted by molar-refractivity contribution is -0.140. The second-order valence-corrected chi connectivity index (χ2v) is 5.30. The van der Waals surface area contributed by atoms with Crippen molar-refractivity contribution >= 4 is 11.6 Å². The van der Waals surface area contributed by atoms with E-state index in [0.717, 1.165) is 44.7 Å². The van der Waals surface area contributed by atoms with Gasteiger partial charge >= 0.3 is 0 Å². The Bertz CT molecular complexity index is 440. The van der Waals surface area contributed by atoms with Crippen LogP contribution < -0.4 is 4.90 Å². The summed E-state index contributed by atoms with van der Waals surface area (Å²) in [5.41, 5.74) is 1.05. The lowest BCUT2D eigenvalue weighted by atomic mass is 9.95. The number of amides is 1. The monoisotopic (exact) mass is 276 g/mol. The summed E-state index contributed by atoms with van der Waals surface area (Å²) in [4.78, 5) is 24.7. The van der Waals surface area contributed by atoms with Crippen LogP contribution in [0.2, 0.25) is 0 Å². The second kappa shape index (κ2) is 6.17. The summed E-state index contributed by atoms with van der Waals surface area (Å²) < 4.78 is 5.30. The molecule has 0 atom stereocenters. The van der Waals surface area contributed by atoms with Crippen LogP contribution in [0.3, 0.4) is 0 Å². The molecular formula is C14H20N4O2. The molecule has 3 rings (SSSR count). The number of carbonyl (C=O) groups is 1. The van der Waals surface area contributed by atoms with Crippen LogP contribution in [0.5, 0.6) is 0 Å². The van der Waals surface area contributed by atoms with Crippen LogP contribution in [-0.4, -0.2) is 60.2 Å². The Morgan fingerprint density at radius 3 is 2.40 bits per heavy atom. The number of carbonyl (C=O) groups excluding carboxylic acids is 1. The fourth-order valence-electron chi connectivity index (χ4n) is 2.88.